The van der Waals surface area contributed by atoms with E-state index >= 15 is 0 Å². The summed E-state index contributed by atoms with van der Waals surface area (Å²) >= 11 is 0. The molecule has 5 heteroatoms. The van der Waals surface area contributed by atoms with Crippen LogP contribution in [0.1, 0.15) is 31.9 Å². The summed E-state index contributed by atoms with van der Waals surface area (Å²) in [5.41, 5.74) is 1.66. The second-order valence-corrected chi connectivity index (χ2v) is 5.94. The van der Waals surface area contributed by atoms with Crippen molar-refractivity contribution in [3.05, 3.63) is 39.4 Å². The molecule has 1 aromatic carbocycles. The number of nitrogens with zero attached hydrogens (tertiary/aromatic N) is 1. The molecular weight excluding hydrogens is 246 g/mol. The summed E-state index contributed by atoms with van der Waals surface area (Å²) in [4.78, 5) is 10.5. The van der Waals surface area contributed by atoms with E-state index in [4.69, 9.17) is 9.47 Å². The molecule has 0 aliphatic carbocycles. The van der Waals surface area contributed by atoms with Crippen LogP contribution in [0, 0.1) is 22.5 Å². The summed E-state index contributed by atoms with van der Waals surface area (Å²) in [6.45, 7) is 8.96. The zero-order valence-corrected chi connectivity index (χ0v) is 11.7. The Labute approximate surface area is 112 Å². The maximum atomic E-state index is 10.9. The molecule has 0 bridgehead atoms. The van der Waals surface area contributed by atoms with Crippen molar-refractivity contribution in [2.75, 3.05) is 13.2 Å². The van der Waals surface area contributed by atoms with Gasteiger partial charge in [0.25, 0.3) is 5.69 Å². The Morgan fingerprint density at radius 2 is 1.79 bits per heavy atom. The monoisotopic (exact) mass is 265 g/mol. The lowest BCUT2D eigenvalue weighted by Gasteiger charge is -2.42. The number of aryl methyl sites for hydroxylation is 1. The fourth-order valence-corrected chi connectivity index (χ4v) is 2.12. The van der Waals surface area contributed by atoms with E-state index in [9.17, 15) is 10.1 Å². The van der Waals surface area contributed by atoms with Crippen molar-refractivity contribution in [3.63, 3.8) is 0 Å². The van der Waals surface area contributed by atoms with Crippen molar-refractivity contribution in [1.82, 2.24) is 0 Å². The van der Waals surface area contributed by atoms with Crippen LogP contribution in [0.3, 0.4) is 0 Å². The maximum absolute atomic E-state index is 10.9. The van der Waals surface area contributed by atoms with Gasteiger partial charge in [-0.15, -0.1) is 0 Å². The van der Waals surface area contributed by atoms with Crippen molar-refractivity contribution >= 4 is 5.69 Å². The van der Waals surface area contributed by atoms with Gasteiger partial charge in [0.2, 0.25) is 0 Å². The van der Waals surface area contributed by atoms with Crippen LogP contribution in [-0.4, -0.2) is 18.1 Å². The summed E-state index contributed by atoms with van der Waals surface area (Å²) in [6, 6.07) is 4.76. The third-order valence-electron chi connectivity index (χ3n) is 3.40. The Hall–Kier alpha value is -1.46. The Morgan fingerprint density at radius 3 is 2.32 bits per heavy atom. The van der Waals surface area contributed by atoms with E-state index in [0.717, 1.165) is 11.1 Å². The molecule has 19 heavy (non-hydrogen) atoms. The maximum Gasteiger partial charge on any atom is 0.269 e. The van der Waals surface area contributed by atoms with Gasteiger partial charge in [-0.25, -0.2) is 0 Å². The van der Waals surface area contributed by atoms with Crippen LogP contribution in [-0.2, 0) is 15.3 Å². The van der Waals surface area contributed by atoms with Crippen LogP contribution in [0.2, 0.25) is 0 Å². The predicted molar refractivity (Wildman–Crippen MR) is 70.9 cm³/mol. The minimum atomic E-state index is -0.911. The molecule has 1 saturated heterocycles. The average molecular weight is 265 g/mol. The number of nitro groups is 1. The normalized spacial score (nSPS) is 21.1. The molecular formula is C14H19NO4. The summed E-state index contributed by atoms with van der Waals surface area (Å²) in [7, 11) is 0. The van der Waals surface area contributed by atoms with Gasteiger partial charge in [0.05, 0.1) is 18.1 Å². The lowest BCUT2D eigenvalue weighted by molar-refractivity contribution is -0.385. The Balaban J connectivity index is 2.35. The van der Waals surface area contributed by atoms with Gasteiger partial charge >= 0.3 is 0 Å². The van der Waals surface area contributed by atoms with Crippen molar-refractivity contribution in [2.45, 2.75) is 33.5 Å². The minimum Gasteiger partial charge on any atom is -0.345 e. The molecule has 0 unspecified atom stereocenters. The van der Waals surface area contributed by atoms with Crippen LogP contribution < -0.4 is 0 Å². The summed E-state index contributed by atoms with van der Waals surface area (Å²) in [5.74, 6) is -0.911. The highest BCUT2D eigenvalue weighted by Gasteiger charge is 2.39. The molecule has 0 aromatic heterocycles. The molecule has 0 N–H and O–H groups in total. The molecule has 5 nitrogen and oxygen atoms in total. The lowest BCUT2D eigenvalue weighted by atomic mass is 9.92. The van der Waals surface area contributed by atoms with Gasteiger partial charge < -0.3 is 9.47 Å². The van der Waals surface area contributed by atoms with Crippen LogP contribution >= 0.6 is 0 Å². The molecule has 1 aliphatic rings. The molecule has 104 valence electrons. The van der Waals surface area contributed by atoms with Gasteiger partial charge in [-0.2, -0.15) is 0 Å². The van der Waals surface area contributed by atoms with Gasteiger partial charge in [-0.05, 0) is 19.4 Å². The molecule has 2 rings (SSSR count). The summed E-state index contributed by atoms with van der Waals surface area (Å²) in [6.07, 6.45) is 0. The predicted octanol–water partition coefficient (Wildman–Crippen LogP) is 3.15. The van der Waals surface area contributed by atoms with Crippen LogP contribution in [0.5, 0.6) is 0 Å². The van der Waals surface area contributed by atoms with E-state index in [1.165, 1.54) is 12.1 Å². The fraction of sp³-hybridized carbons (Fsp3) is 0.571. The number of nitro benzene ring substituents is 1. The third-order valence-corrected chi connectivity index (χ3v) is 3.40. The van der Waals surface area contributed by atoms with Gasteiger partial charge in [0.1, 0.15) is 0 Å². The number of benzene rings is 1. The number of ether oxygens (including phenoxy) is 2. The minimum absolute atomic E-state index is 0.0336. The van der Waals surface area contributed by atoms with Gasteiger partial charge in [-0.1, -0.05) is 19.9 Å². The Morgan fingerprint density at radius 1 is 1.21 bits per heavy atom. The first kappa shape index (κ1) is 14.0. The zero-order valence-electron chi connectivity index (χ0n) is 11.7. The number of hydrogen-bond acceptors (Lipinski definition) is 4. The highest BCUT2D eigenvalue weighted by atomic mass is 16.7. The quantitative estimate of drug-likeness (QED) is 0.608. The highest BCUT2D eigenvalue weighted by Crippen LogP contribution is 2.38. The molecule has 1 aliphatic heterocycles. The molecule has 0 spiro atoms. The summed E-state index contributed by atoms with van der Waals surface area (Å²) in [5, 5.41) is 10.9. The van der Waals surface area contributed by atoms with Gasteiger partial charge in [0, 0.05) is 23.1 Å². The Bertz CT molecular complexity index is 500. The number of rotatable bonds is 2. The SMILES string of the molecule is Cc1ccc([N+](=O)[O-])cc1C1(C)OCC(C)(C)CO1. The first-order chi connectivity index (χ1) is 8.73. The van der Waals surface area contributed by atoms with E-state index in [2.05, 4.69) is 13.8 Å². The molecule has 0 radical (unpaired) electrons. The molecule has 1 heterocycles. The van der Waals surface area contributed by atoms with Crippen LogP contribution in [0.25, 0.3) is 0 Å². The largest absolute Gasteiger partial charge is 0.345 e. The average Bonchev–Trinajstić information content (AvgIpc) is 2.33. The molecule has 1 aromatic rings. The zero-order chi connectivity index (χ0) is 14.3. The third kappa shape index (κ3) is 2.77. The number of non-ortho nitro benzene ring substituents is 1. The van der Waals surface area contributed by atoms with Gasteiger partial charge in [0.15, 0.2) is 5.79 Å². The topological polar surface area (TPSA) is 61.6 Å². The standard InChI is InChI=1S/C14H19NO4/c1-10-5-6-11(15(16)17)7-12(10)14(4)18-8-13(2,3)9-19-14/h5-7H,8-9H2,1-4H3. The van der Waals surface area contributed by atoms with Crippen LogP contribution in [0.15, 0.2) is 18.2 Å². The molecule has 0 amide bonds. The summed E-state index contributed by atoms with van der Waals surface area (Å²) < 4.78 is 11.7. The first-order valence-electron chi connectivity index (χ1n) is 6.27. The Kier molecular flexibility index (Phi) is 3.36. The second kappa shape index (κ2) is 4.58. The second-order valence-electron chi connectivity index (χ2n) is 5.94. The van der Waals surface area contributed by atoms with E-state index < -0.39 is 10.7 Å². The van der Waals surface area contributed by atoms with Gasteiger partial charge in [-0.3, -0.25) is 10.1 Å². The smallest absolute Gasteiger partial charge is 0.269 e. The van der Waals surface area contributed by atoms with Crippen molar-refractivity contribution in [3.8, 4) is 0 Å². The molecule has 0 atom stereocenters. The van der Waals surface area contributed by atoms with Crippen molar-refractivity contribution in [1.29, 1.82) is 0 Å². The molecule has 0 saturated carbocycles. The molecule has 1 fully saturated rings. The lowest BCUT2D eigenvalue weighted by Crippen LogP contribution is -2.44. The van der Waals surface area contributed by atoms with Crippen molar-refractivity contribution in [2.24, 2.45) is 5.41 Å². The van der Waals surface area contributed by atoms with Crippen LogP contribution in [0.4, 0.5) is 5.69 Å². The van der Waals surface area contributed by atoms with E-state index in [0.29, 0.717) is 13.2 Å². The van der Waals surface area contributed by atoms with E-state index in [-0.39, 0.29) is 11.1 Å². The van der Waals surface area contributed by atoms with Crippen molar-refractivity contribution < 1.29 is 14.4 Å². The van der Waals surface area contributed by atoms with E-state index in [1.54, 1.807) is 6.07 Å². The number of hydrogen-bond donors (Lipinski definition) is 0. The van der Waals surface area contributed by atoms with E-state index in [1.807, 2.05) is 13.8 Å². The highest BCUT2D eigenvalue weighted by molar-refractivity contribution is 5.41. The fourth-order valence-electron chi connectivity index (χ4n) is 2.12. The first-order valence-corrected chi connectivity index (χ1v) is 6.27.